The number of pyridine rings is 1. The summed E-state index contributed by atoms with van der Waals surface area (Å²) in [4.78, 5) is 27.8. The van der Waals surface area contributed by atoms with Crippen molar-refractivity contribution in [3.63, 3.8) is 0 Å². The lowest BCUT2D eigenvalue weighted by atomic mass is 9.89. The Morgan fingerprint density at radius 3 is 2.34 bits per heavy atom. The Morgan fingerprint density at radius 2 is 1.66 bits per heavy atom. The summed E-state index contributed by atoms with van der Waals surface area (Å²) in [6, 6.07) is 15.6. The number of alkyl halides is 3. The molecule has 2 heterocycles. The van der Waals surface area contributed by atoms with E-state index in [2.05, 4.69) is 0 Å². The highest BCUT2D eigenvalue weighted by atomic mass is 32.2. The first-order chi connectivity index (χ1) is 22.4. The molecule has 12 heteroatoms. The largest absolute Gasteiger partial charge is 0.467 e. The third kappa shape index (κ3) is 5.87. The van der Waals surface area contributed by atoms with Crippen molar-refractivity contribution in [2.24, 2.45) is 0 Å². The molecule has 1 fully saturated rings. The van der Waals surface area contributed by atoms with Gasteiger partial charge >= 0.3 is 12.1 Å². The lowest BCUT2D eigenvalue weighted by Crippen LogP contribution is -2.54. The molecular formula is C35H35F3N2O6S. The lowest BCUT2D eigenvalue weighted by molar-refractivity contribution is -0.145. The first kappa shape index (κ1) is 32.9. The molecule has 2 aliphatic rings. The number of sulfonamides is 1. The number of aliphatic hydroxyl groups excluding tert-OH is 1. The molecule has 1 aliphatic heterocycles. The molecule has 0 radical (unpaired) electrons. The van der Waals surface area contributed by atoms with Gasteiger partial charge < -0.3 is 9.84 Å². The molecule has 0 spiro atoms. The summed E-state index contributed by atoms with van der Waals surface area (Å²) in [5.41, 5.74) is -0.529. The zero-order valence-corrected chi connectivity index (χ0v) is 26.8. The molecule has 3 aromatic carbocycles. The molecule has 8 nitrogen and oxygen atoms in total. The van der Waals surface area contributed by atoms with E-state index >= 15 is 0 Å². The second-order valence-electron chi connectivity index (χ2n) is 12.1. The fourth-order valence-corrected chi connectivity index (χ4v) is 9.24. The number of rotatable bonds is 6. The monoisotopic (exact) mass is 668 g/mol. The van der Waals surface area contributed by atoms with E-state index in [0.29, 0.717) is 25.7 Å². The van der Waals surface area contributed by atoms with Crippen LogP contribution in [0, 0.1) is 0 Å². The second-order valence-corrected chi connectivity index (χ2v) is 13.9. The number of hydrogen-bond acceptors (Lipinski definition) is 6. The van der Waals surface area contributed by atoms with Gasteiger partial charge in [0.15, 0.2) is 5.03 Å². The van der Waals surface area contributed by atoms with Gasteiger partial charge in [0.1, 0.15) is 6.04 Å². The van der Waals surface area contributed by atoms with Crippen molar-refractivity contribution in [2.75, 3.05) is 13.7 Å². The highest BCUT2D eigenvalue weighted by molar-refractivity contribution is 7.89. The molecule has 1 atom stereocenters. The normalized spacial score (nSPS) is 21.4. The minimum Gasteiger partial charge on any atom is -0.467 e. The maximum absolute atomic E-state index is 14.8. The molecule has 1 N–H and O–H groups in total. The number of nitrogens with zero attached hydrogens (tertiary/aromatic N) is 2. The molecular weight excluding hydrogens is 633 g/mol. The van der Waals surface area contributed by atoms with Gasteiger partial charge in [-0.3, -0.25) is 9.36 Å². The zero-order chi connectivity index (χ0) is 33.7. The molecule has 4 aromatic rings. The predicted octanol–water partition coefficient (Wildman–Crippen LogP) is 5.86. The van der Waals surface area contributed by atoms with Gasteiger partial charge in [-0.05, 0) is 78.1 Å². The Balaban J connectivity index is 1.72. The molecule has 1 saturated carbocycles. The van der Waals surface area contributed by atoms with Crippen LogP contribution in [0.25, 0.3) is 21.9 Å². The van der Waals surface area contributed by atoms with E-state index in [1.807, 2.05) is 42.5 Å². The molecule has 248 valence electrons. The Morgan fingerprint density at radius 1 is 0.979 bits per heavy atom. The average molecular weight is 669 g/mol. The van der Waals surface area contributed by atoms with Crippen LogP contribution in [0.2, 0.25) is 0 Å². The van der Waals surface area contributed by atoms with Gasteiger partial charge in [-0.1, -0.05) is 61.5 Å². The molecule has 1 aromatic heterocycles. The number of ether oxygens (including phenoxy) is 1. The fraction of sp³-hybridized carbons (Fsp3) is 0.371. The summed E-state index contributed by atoms with van der Waals surface area (Å²) in [7, 11) is -3.44. The molecule has 0 saturated heterocycles. The van der Waals surface area contributed by atoms with Crippen LogP contribution < -0.4 is 5.56 Å². The number of aromatic nitrogens is 1. The van der Waals surface area contributed by atoms with E-state index in [1.165, 1.54) is 16.4 Å². The van der Waals surface area contributed by atoms with Crippen LogP contribution in [0.4, 0.5) is 13.2 Å². The molecule has 0 amide bonds. The first-order valence-corrected chi connectivity index (χ1v) is 17.0. The van der Waals surface area contributed by atoms with Crippen molar-refractivity contribution >= 4 is 26.8 Å². The van der Waals surface area contributed by atoms with Crippen molar-refractivity contribution in [1.82, 2.24) is 8.87 Å². The Labute approximate surface area is 270 Å². The summed E-state index contributed by atoms with van der Waals surface area (Å²) in [6.07, 6.45) is -3.84. The lowest BCUT2D eigenvalue weighted by Gasteiger charge is -2.41. The number of hydrogen-bond donors (Lipinski definition) is 1. The van der Waals surface area contributed by atoms with Crippen LogP contribution in [0.15, 0.2) is 76.6 Å². The van der Waals surface area contributed by atoms with E-state index < -0.39 is 56.5 Å². The van der Waals surface area contributed by atoms with Crippen molar-refractivity contribution in [1.29, 1.82) is 0 Å². The standard InChI is InChI=1S/C35H35F3N2O6S/c1-3-27-29(19-22-10-6-9-21-8-4-5-13-28(21)22)31(23-11-7-12-24(18-23)35(36,37)38)33-40(32(27)42)30(34(43)46-2)20-39(47(33,44)45)25-14-16-26(41)17-15-25/h4-13,18,25-26,30,41H,3,14-17,19-20H2,1-2H3/t25-,26+,30?. The number of benzene rings is 3. The predicted molar refractivity (Wildman–Crippen MR) is 170 cm³/mol. The number of esters is 1. The van der Waals surface area contributed by atoms with Crippen LogP contribution in [-0.4, -0.2) is 54.2 Å². The van der Waals surface area contributed by atoms with Crippen LogP contribution in [-0.2, 0) is 38.6 Å². The van der Waals surface area contributed by atoms with Gasteiger partial charge in [0.25, 0.3) is 15.6 Å². The Hall–Kier alpha value is -4.00. The summed E-state index contributed by atoms with van der Waals surface area (Å²) < 4.78 is 79.1. The van der Waals surface area contributed by atoms with E-state index in [-0.39, 0.29) is 41.6 Å². The van der Waals surface area contributed by atoms with Crippen LogP contribution in [0.3, 0.4) is 0 Å². The highest BCUT2D eigenvalue weighted by Crippen LogP contribution is 2.43. The third-order valence-electron chi connectivity index (χ3n) is 9.42. The summed E-state index contributed by atoms with van der Waals surface area (Å²) in [6.45, 7) is 1.34. The number of fused-ring (bicyclic) bond motifs is 2. The SMILES string of the molecule is CCc1c(Cc2cccc3ccccc23)c(-c2cccc(C(F)(F)F)c2)c2n(c1=O)C(C(=O)OC)CN([C@H]1CC[C@@H](O)CC1)S2(=O)=O. The Kier molecular flexibility index (Phi) is 8.79. The van der Waals surface area contributed by atoms with E-state index in [1.54, 1.807) is 6.92 Å². The Bertz CT molecular complexity index is 2010. The van der Waals surface area contributed by atoms with Gasteiger partial charge in [-0.15, -0.1) is 0 Å². The van der Waals surface area contributed by atoms with Gasteiger partial charge in [0.05, 0.1) is 18.8 Å². The quantitative estimate of drug-likeness (QED) is 0.258. The highest BCUT2D eigenvalue weighted by Gasteiger charge is 2.47. The second kappa shape index (κ2) is 12.6. The number of methoxy groups -OCH3 is 1. The minimum absolute atomic E-state index is 0.0402. The number of carbonyl (C=O) groups is 1. The third-order valence-corrected chi connectivity index (χ3v) is 11.4. The van der Waals surface area contributed by atoms with Gasteiger partial charge in [0, 0.05) is 23.7 Å². The molecule has 0 bridgehead atoms. The zero-order valence-electron chi connectivity index (χ0n) is 26.0. The number of carbonyl (C=O) groups excluding carboxylic acids is 1. The van der Waals surface area contributed by atoms with Crippen LogP contribution >= 0.6 is 0 Å². The molecule has 6 rings (SSSR count). The number of aliphatic hydroxyl groups is 1. The van der Waals surface area contributed by atoms with E-state index in [9.17, 15) is 36.3 Å². The van der Waals surface area contributed by atoms with E-state index in [4.69, 9.17) is 4.74 Å². The molecule has 1 aliphatic carbocycles. The van der Waals surface area contributed by atoms with E-state index in [0.717, 1.165) is 40.1 Å². The minimum atomic E-state index is -4.73. The van der Waals surface area contributed by atoms with Crippen LogP contribution in [0.1, 0.15) is 60.9 Å². The smallest absolute Gasteiger partial charge is 0.416 e. The molecule has 47 heavy (non-hydrogen) atoms. The summed E-state index contributed by atoms with van der Waals surface area (Å²) in [5.74, 6) is -0.844. The van der Waals surface area contributed by atoms with Gasteiger partial charge in [-0.2, -0.15) is 17.5 Å². The maximum Gasteiger partial charge on any atom is 0.416 e. The fourth-order valence-electron chi connectivity index (χ4n) is 7.12. The molecule has 1 unspecified atom stereocenters. The van der Waals surface area contributed by atoms with Crippen molar-refractivity contribution in [2.45, 2.75) is 74.8 Å². The van der Waals surface area contributed by atoms with Gasteiger partial charge in [-0.25, -0.2) is 13.2 Å². The van der Waals surface area contributed by atoms with Crippen molar-refractivity contribution < 1.29 is 36.2 Å². The van der Waals surface area contributed by atoms with Crippen LogP contribution in [0.5, 0.6) is 0 Å². The van der Waals surface area contributed by atoms with Crippen molar-refractivity contribution in [3.8, 4) is 11.1 Å². The van der Waals surface area contributed by atoms with Gasteiger partial charge in [0.2, 0.25) is 0 Å². The number of halogens is 3. The average Bonchev–Trinajstić information content (AvgIpc) is 3.05. The topological polar surface area (TPSA) is 106 Å². The summed E-state index contributed by atoms with van der Waals surface area (Å²) >= 11 is 0. The summed E-state index contributed by atoms with van der Waals surface area (Å²) in [5, 5.41) is 11.4. The maximum atomic E-state index is 14.8. The first-order valence-electron chi connectivity index (χ1n) is 15.6. The van der Waals surface area contributed by atoms with Crippen molar-refractivity contribution in [3.05, 3.63) is 99.3 Å².